The normalized spacial score (nSPS) is 25.9. The van der Waals surface area contributed by atoms with E-state index in [1.807, 2.05) is 12.3 Å². The van der Waals surface area contributed by atoms with Gasteiger partial charge >= 0.3 is 0 Å². The van der Waals surface area contributed by atoms with Gasteiger partial charge in [0.05, 0.1) is 0 Å². The van der Waals surface area contributed by atoms with Gasteiger partial charge in [0.1, 0.15) is 5.82 Å². The molecule has 76 valence electrons. The molecule has 0 spiro atoms. The average molecular weight is 191 g/mol. The van der Waals surface area contributed by atoms with Crippen molar-refractivity contribution in [2.45, 2.75) is 44.6 Å². The van der Waals surface area contributed by atoms with Crippen molar-refractivity contribution in [3.63, 3.8) is 0 Å². The Morgan fingerprint density at radius 2 is 2.29 bits per heavy atom. The lowest BCUT2D eigenvalue weighted by Crippen LogP contribution is -2.35. The van der Waals surface area contributed by atoms with Gasteiger partial charge < -0.3 is 5.73 Å². The molecule has 0 aliphatic heterocycles. The van der Waals surface area contributed by atoms with Crippen molar-refractivity contribution in [1.82, 2.24) is 9.97 Å². The van der Waals surface area contributed by atoms with Crippen molar-refractivity contribution in [1.29, 1.82) is 0 Å². The van der Waals surface area contributed by atoms with Crippen LogP contribution >= 0.6 is 0 Å². The summed E-state index contributed by atoms with van der Waals surface area (Å²) in [5, 5.41) is 0. The number of hydrogen-bond acceptors (Lipinski definition) is 3. The molecule has 1 heterocycles. The highest BCUT2D eigenvalue weighted by atomic mass is 14.9. The van der Waals surface area contributed by atoms with Crippen LogP contribution in [-0.4, -0.2) is 16.0 Å². The molecule has 1 saturated carbocycles. The van der Waals surface area contributed by atoms with Gasteiger partial charge in [0.2, 0.25) is 0 Å². The molecule has 1 aliphatic carbocycles. The standard InChI is InChI=1S/C11H17N3/c1-2-3-10-4-5-13-11(14-10)8-6-9(12)7-8/h4-5,8-9H,2-3,6-7,12H2,1H3. The zero-order valence-electron chi connectivity index (χ0n) is 8.61. The van der Waals surface area contributed by atoms with Gasteiger partial charge in [-0.25, -0.2) is 9.97 Å². The molecule has 0 atom stereocenters. The number of aromatic nitrogens is 2. The minimum absolute atomic E-state index is 0.374. The predicted octanol–water partition coefficient (Wildman–Crippen LogP) is 1.63. The van der Waals surface area contributed by atoms with Gasteiger partial charge in [0.25, 0.3) is 0 Å². The van der Waals surface area contributed by atoms with Crippen molar-refractivity contribution < 1.29 is 0 Å². The van der Waals surface area contributed by atoms with Crippen molar-refractivity contribution >= 4 is 0 Å². The molecular weight excluding hydrogens is 174 g/mol. The Kier molecular flexibility index (Phi) is 2.77. The second-order valence-corrected chi connectivity index (χ2v) is 4.08. The van der Waals surface area contributed by atoms with Crippen LogP contribution in [0.4, 0.5) is 0 Å². The summed E-state index contributed by atoms with van der Waals surface area (Å²) < 4.78 is 0. The van der Waals surface area contributed by atoms with E-state index in [-0.39, 0.29) is 0 Å². The maximum atomic E-state index is 5.75. The first kappa shape index (κ1) is 9.59. The van der Waals surface area contributed by atoms with Crippen LogP contribution in [0.2, 0.25) is 0 Å². The zero-order valence-corrected chi connectivity index (χ0v) is 8.61. The number of hydrogen-bond donors (Lipinski definition) is 1. The predicted molar refractivity (Wildman–Crippen MR) is 56.0 cm³/mol. The molecular formula is C11H17N3. The van der Waals surface area contributed by atoms with E-state index in [9.17, 15) is 0 Å². The summed E-state index contributed by atoms with van der Waals surface area (Å²) in [7, 11) is 0. The number of nitrogens with two attached hydrogens (primary N) is 1. The number of aryl methyl sites for hydroxylation is 1. The van der Waals surface area contributed by atoms with Crippen LogP contribution in [0.15, 0.2) is 12.3 Å². The second kappa shape index (κ2) is 4.05. The second-order valence-electron chi connectivity index (χ2n) is 4.08. The first-order valence-electron chi connectivity index (χ1n) is 5.37. The first-order valence-corrected chi connectivity index (χ1v) is 5.37. The average Bonchev–Trinajstić information content (AvgIpc) is 2.14. The quantitative estimate of drug-likeness (QED) is 0.790. The van der Waals surface area contributed by atoms with E-state index in [1.54, 1.807) is 0 Å². The maximum absolute atomic E-state index is 5.75. The third-order valence-corrected chi connectivity index (χ3v) is 2.78. The zero-order chi connectivity index (χ0) is 9.97. The fourth-order valence-electron chi connectivity index (χ4n) is 1.88. The Labute approximate surface area is 84.8 Å². The summed E-state index contributed by atoms with van der Waals surface area (Å²) in [4.78, 5) is 8.86. The van der Waals surface area contributed by atoms with Crippen LogP contribution in [-0.2, 0) is 6.42 Å². The first-order chi connectivity index (χ1) is 6.79. The van der Waals surface area contributed by atoms with Crippen LogP contribution in [0.3, 0.4) is 0 Å². The lowest BCUT2D eigenvalue weighted by atomic mass is 9.80. The van der Waals surface area contributed by atoms with Gasteiger partial charge in [0, 0.05) is 23.9 Å². The number of nitrogens with zero attached hydrogens (tertiary/aromatic N) is 2. The van der Waals surface area contributed by atoms with E-state index in [0.717, 1.165) is 37.2 Å². The van der Waals surface area contributed by atoms with Crippen molar-refractivity contribution in [3.05, 3.63) is 23.8 Å². The fraction of sp³-hybridized carbons (Fsp3) is 0.636. The molecule has 0 aromatic carbocycles. The Hall–Kier alpha value is -0.960. The van der Waals surface area contributed by atoms with E-state index in [2.05, 4.69) is 16.9 Å². The van der Waals surface area contributed by atoms with E-state index in [1.165, 1.54) is 0 Å². The molecule has 0 amide bonds. The monoisotopic (exact) mass is 191 g/mol. The van der Waals surface area contributed by atoms with Gasteiger partial charge in [-0.2, -0.15) is 0 Å². The topological polar surface area (TPSA) is 51.8 Å². The Bertz CT molecular complexity index is 305. The smallest absolute Gasteiger partial charge is 0.131 e. The number of rotatable bonds is 3. The summed E-state index contributed by atoms with van der Waals surface area (Å²) >= 11 is 0. The summed E-state index contributed by atoms with van der Waals surface area (Å²) in [6.45, 7) is 2.17. The van der Waals surface area contributed by atoms with Crippen LogP contribution < -0.4 is 5.73 Å². The van der Waals surface area contributed by atoms with Crippen molar-refractivity contribution in [2.24, 2.45) is 5.73 Å². The Morgan fingerprint density at radius 1 is 1.50 bits per heavy atom. The lowest BCUT2D eigenvalue weighted by molar-refractivity contribution is 0.337. The van der Waals surface area contributed by atoms with Gasteiger partial charge in [0.15, 0.2) is 0 Å². The Morgan fingerprint density at radius 3 is 2.93 bits per heavy atom. The highest BCUT2D eigenvalue weighted by Crippen LogP contribution is 2.33. The van der Waals surface area contributed by atoms with Gasteiger partial charge in [-0.3, -0.25) is 0 Å². The molecule has 0 unspecified atom stereocenters. The summed E-state index contributed by atoms with van der Waals surface area (Å²) in [5.41, 5.74) is 6.91. The molecule has 2 N–H and O–H groups in total. The molecule has 0 radical (unpaired) electrons. The molecule has 2 rings (SSSR count). The summed E-state index contributed by atoms with van der Waals surface area (Å²) in [5.74, 6) is 1.51. The van der Waals surface area contributed by atoms with Crippen molar-refractivity contribution in [3.8, 4) is 0 Å². The van der Waals surface area contributed by atoms with Crippen molar-refractivity contribution in [2.75, 3.05) is 0 Å². The van der Waals surface area contributed by atoms with E-state index >= 15 is 0 Å². The van der Waals surface area contributed by atoms with Gasteiger partial charge in [-0.1, -0.05) is 13.3 Å². The molecule has 14 heavy (non-hydrogen) atoms. The molecule has 3 nitrogen and oxygen atoms in total. The maximum Gasteiger partial charge on any atom is 0.131 e. The Balaban J connectivity index is 2.06. The highest BCUT2D eigenvalue weighted by molar-refractivity contribution is 5.09. The van der Waals surface area contributed by atoms with Crippen LogP contribution in [0.5, 0.6) is 0 Å². The molecule has 0 saturated heterocycles. The van der Waals surface area contributed by atoms with Gasteiger partial charge in [-0.05, 0) is 25.3 Å². The molecule has 1 aliphatic rings. The van der Waals surface area contributed by atoms with E-state index in [0.29, 0.717) is 12.0 Å². The minimum Gasteiger partial charge on any atom is -0.328 e. The third-order valence-electron chi connectivity index (χ3n) is 2.78. The highest BCUT2D eigenvalue weighted by Gasteiger charge is 2.29. The molecule has 1 aromatic rings. The molecule has 0 bridgehead atoms. The van der Waals surface area contributed by atoms with E-state index < -0.39 is 0 Å². The lowest BCUT2D eigenvalue weighted by Gasteiger charge is -2.31. The minimum atomic E-state index is 0.374. The van der Waals surface area contributed by atoms with E-state index in [4.69, 9.17) is 5.73 Å². The third kappa shape index (κ3) is 1.93. The summed E-state index contributed by atoms with van der Waals surface area (Å²) in [6, 6.07) is 2.38. The largest absolute Gasteiger partial charge is 0.328 e. The fourth-order valence-corrected chi connectivity index (χ4v) is 1.88. The van der Waals surface area contributed by atoms with Crippen LogP contribution in [0.25, 0.3) is 0 Å². The SMILES string of the molecule is CCCc1ccnc(C2CC(N)C2)n1. The molecule has 3 heteroatoms. The van der Waals surface area contributed by atoms with Crippen LogP contribution in [0, 0.1) is 0 Å². The van der Waals surface area contributed by atoms with Gasteiger partial charge in [-0.15, -0.1) is 0 Å². The molecule has 1 fully saturated rings. The summed E-state index contributed by atoms with van der Waals surface area (Å²) in [6.07, 6.45) is 6.16. The van der Waals surface area contributed by atoms with Crippen LogP contribution in [0.1, 0.15) is 43.6 Å². The molecule has 1 aromatic heterocycles.